The minimum absolute atomic E-state index is 0.0447. The third kappa shape index (κ3) is 48.2. The number of amides is 1. The van der Waals surface area contributed by atoms with Gasteiger partial charge in [0.2, 0.25) is 5.91 Å². The molecule has 0 aliphatic heterocycles. The van der Waals surface area contributed by atoms with E-state index in [1.165, 1.54) is 109 Å². The molecular weight excluding hydrogens is 798 g/mol. The number of phosphoric acid groups is 1. The lowest BCUT2D eigenvalue weighted by Crippen LogP contribution is -2.27. The highest BCUT2D eigenvalue weighted by atomic mass is 31.2. The second-order valence-corrected chi connectivity index (χ2v) is 17.5. The van der Waals surface area contributed by atoms with Crippen LogP contribution >= 0.6 is 7.82 Å². The lowest BCUT2D eigenvalue weighted by molar-refractivity contribution is -0.146. The van der Waals surface area contributed by atoms with Gasteiger partial charge in [-0.2, -0.15) is 0 Å². The van der Waals surface area contributed by atoms with Crippen molar-refractivity contribution in [3.63, 3.8) is 0 Å². The van der Waals surface area contributed by atoms with Gasteiger partial charge >= 0.3 is 13.8 Å². The molecule has 0 aliphatic carbocycles. The molecule has 0 saturated heterocycles. The smallest absolute Gasteiger partial charge is 0.463 e. The van der Waals surface area contributed by atoms with Crippen LogP contribution in [-0.2, 0) is 27.9 Å². The molecule has 356 valence electrons. The van der Waals surface area contributed by atoms with Gasteiger partial charge in [-0.1, -0.05) is 221 Å². The first-order valence-electron chi connectivity index (χ1n) is 24.6. The maximum atomic E-state index is 12.1. The lowest BCUT2D eigenvalue weighted by atomic mass is 10.0. The van der Waals surface area contributed by atoms with Crippen LogP contribution in [0.2, 0.25) is 0 Å². The minimum Gasteiger partial charge on any atom is -0.463 e. The van der Waals surface area contributed by atoms with Gasteiger partial charge in [-0.05, 0) is 51.4 Å². The van der Waals surface area contributed by atoms with Gasteiger partial charge < -0.3 is 20.1 Å². The molecule has 0 heterocycles. The molecule has 10 heteroatoms. The van der Waals surface area contributed by atoms with E-state index in [9.17, 15) is 24.2 Å². The first-order valence-corrected chi connectivity index (χ1v) is 26.1. The van der Waals surface area contributed by atoms with E-state index in [4.69, 9.17) is 13.8 Å². The number of rotatable bonds is 45. The maximum Gasteiger partial charge on any atom is 0.472 e. The number of unbranched alkanes of at least 4 members (excludes halogenated alkanes) is 19. The van der Waals surface area contributed by atoms with Crippen LogP contribution in [0.3, 0.4) is 0 Å². The third-order valence-electron chi connectivity index (χ3n) is 10.1. The van der Waals surface area contributed by atoms with Crippen molar-refractivity contribution in [1.82, 2.24) is 5.32 Å². The Labute approximate surface area is 379 Å². The number of nitrogens with one attached hydrogen (secondary N) is 1. The molecule has 0 saturated carbocycles. The Kier molecular flexibility index (Phi) is 45.5. The summed E-state index contributed by atoms with van der Waals surface area (Å²) in [5.74, 6) is -0.650. The second-order valence-electron chi connectivity index (χ2n) is 16.1. The van der Waals surface area contributed by atoms with Crippen LogP contribution in [0.4, 0.5) is 0 Å². The fourth-order valence-corrected chi connectivity index (χ4v) is 7.22. The Morgan fingerprint density at radius 3 is 1.29 bits per heavy atom. The van der Waals surface area contributed by atoms with E-state index in [1.807, 2.05) is 12.2 Å². The Balaban J connectivity index is 3.68. The van der Waals surface area contributed by atoms with Crippen molar-refractivity contribution in [2.45, 2.75) is 206 Å². The predicted octanol–water partition coefficient (Wildman–Crippen LogP) is 14.4. The summed E-state index contributed by atoms with van der Waals surface area (Å²) in [6, 6.07) is 0. The fourth-order valence-electron chi connectivity index (χ4n) is 6.47. The Morgan fingerprint density at radius 1 is 0.516 bits per heavy atom. The van der Waals surface area contributed by atoms with E-state index in [0.29, 0.717) is 12.8 Å². The van der Waals surface area contributed by atoms with Crippen molar-refractivity contribution in [2.24, 2.45) is 0 Å². The molecule has 0 spiro atoms. The number of hydrogen-bond acceptors (Lipinski definition) is 7. The molecular formula is C52H90NO8P. The molecule has 0 bridgehead atoms. The van der Waals surface area contributed by atoms with E-state index in [0.717, 1.165) is 57.8 Å². The number of esters is 1. The van der Waals surface area contributed by atoms with Crippen LogP contribution < -0.4 is 5.32 Å². The second kappa shape index (κ2) is 47.7. The fraction of sp³-hybridized carbons (Fsp3) is 0.692. The summed E-state index contributed by atoms with van der Waals surface area (Å²) in [6.45, 7) is 3.34. The SMILES string of the molecule is CC/C=C\C/C=C\C/C=C\C/C=C\C/C=C\C/C=C\C/C=C\CC(=O)OCC(O)COP(=O)(O)OCCNC(=O)CCCCCCCCCCCCCCCCCCCCCC. The molecule has 9 nitrogen and oxygen atoms in total. The standard InChI is InChI=1S/C52H90NO8P/c1-3-5-7-9-11-13-15-17-19-21-23-25-27-29-31-33-35-37-39-41-43-45-52(56)59-48-50(54)49-61-62(57,58)60-47-46-53-51(55)44-42-40-38-36-34-32-30-28-26-24-22-20-18-16-14-12-10-8-6-4-2/h5,7,11,13,17,19,23,25,29,31,35,37,41,43,50,54H,3-4,6,8-10,12,14-16,18,20-22,24,26-28,30,32-34,36,38-40,42,44-49H2,1-2H3,(H,53,55)(H,57,58)/b7-5-,13-11-,19-17-,25-23-,31-29-,37-35-,43-41-. The monoisotopic (exact) mass is 888 g/mol. The van der Waals surface area contributed by atoms with E-state index >= 15 is 0 Å². The van der Waals surface area contributed by atoms with Crippen molar-refractivity contribution < 1.29 is 37.9 Å². The van der Waals surface area contributed by atoms with Gasteiger partial charge in [-0.3, -0.25) is 18.6 Å². The van der Waals surface area contributed by atoms with E-state index in [1.54, 1.807) is 6.08 Å². The van der Waals surface area contributed by atoms with Gasteiger partial charge in [-0.15, -0.1) is 0 Å². The van der Waals surface area contributed by atoms with E-state index in [-0.39, 0.29) is 32.1 Å². The molecule has 0 radical (unpaired) electrons. The first kappa shape index (κ1) is 59.2. The number of aliphatic hydroxyl groups excluding tert-OH is 1. The van der Waals surface area contributed by atoms with Crippen LogP contribution in [0.1, 0.15) is 200 Å². The van der Waals surface area contributed by atoms with Crippen molar-refractivity contribution in [3.05, 3.63) is 85.1 Å². The summed E-state index contributed by atoms with van der Waals surface area (Å²) in [5, 5.41) is 12.7. The van der Waals surface area contributed by atoms with Crippen LogP contribution in [0.5, 0.6) is 0 Å². The Morgan fingerprint density at radius 2 is 0.887 bits per heavy atom. The van der Waals surface area contributed by atoms with Gasteiger partial charge in [0, 0.05) is 13.0 Å². The minimum atomic E-state index is -4.45. The highest BCUT2D eigenvalue weighted by molar-refractivity contribution is 7.47. The van der Waals surface area contributed by atoms with Crippen LogP contribution in [0.25, 0.3) is 0 Å². The molecule has 0 rings (SSSR count). The molecule has 2 unspecified atom stereocenters. The summed E-state index contributed by atoms with van der Waals surface area (Å²) in [4.78, 5) is 34.0. The largest absolute Gasteiger partial charge is 0.472 e. The zero-order valence-electron chi connectivity index (χ0n) is 39.3. The quantitative estimate of drug-likeness (QED) is 0.0238. The number of phosphoric ester groups is 1. The Hall–Kier alpha value is -2.81. The van der Waals surface area contributed by atoms with Crippen LogP contribution in [0, 0.1) is 0 Å². The molecule has 1 amide bonds. The van der Waals surface area contributed by atoms with E-state index in [2.05, 4.69) is 86.0 Å². The molecule has 0 fully saturated rings. The topological polar surface area (TPSA) is 131 Å². The number of carbonyl (C=O) groups excluding carboxylic acids is 2. The van der Waals surface area contributed by atoms with E-state index < -0.39 is 26.5 Å². The highest BCUT2D eigenvalue weighted by Gasteiger charge is 2.23. The zero-order chi connectivity index (χ0) is 45.3. The predicted molar refractivity (Wildman–Crippen MR) is 261 cm³/mol. The number of aliphatic hydroxyl groups is 1. The molecule has 62 heavy (non-hydrogen) atoms. The normalized spacial score (nSPS) is 13.9. The van der Waals surface area contributed by atoms with Crippen molar-refractivity contribution in [2.75, 3.05) is 26.4 Å². The zero-order valence-corrected chi connectivity index (χ0v) is 40.2. The summed E-state index contributed by atoms with van der Waals surface area (Å²) in [5.41, 5.74) is 0. The van der Waals surface area contributed by atoms with Gasteiger partial charge in [-0.25, -0.2) is 4.57 Å². The summed E-state index contributed by atoms with van der Waals surface area (Å²) < 4.78 is 26.9. The molecule has 3 N–H and O–H groups in total. The molecule has 2 atom stereocenters. The molecule has 0 aromatic rings. The molecule has 0 aromatic heterocycles. The number of allylic oxidation sites excluding steroid dienone is 13. The highest BCUT2D eigenvalue weighted by Crippen LogP contribution is 2.42. The van der Waals surface area contributed by atoms with Crippen LogP contribution in [-0.4, -0.2) is 54.3 Å². The number of ether oxygens (including phenoxy) is 1. The maximum absolute atomic E-state index is 12.1. The van der Waals surface area contributed by atoms with Crippen molar-refractivity contribution >= 4 is 19.7 Å². The third-order valence-corrected chi connectivity index (χ3v) is 11.1. The first-order chi connectivity index (χ1) is 30.3. The van der Waals surface area contributed by atoms with Gasteiger partial charge in [0.15, 0.2) is 0 Å². The number of hydrogen-bond donors (Lipinski definition) is 3. The molecule has 0 aliphatic rings. The van der Waals surface area contributed by atoms with Crippen molar-refractivity contribution in [1.29, 1.82) is 0 Å². The van der Waals surface area contributed by atoms with Crippen LogP contribution in [0.15, 0.2) is 85.1 Å². The summed E-state index contributed by atoms with van der Waals surface area (Å²) in [7, 11) is -4.45. The summed E-state index contributed by atoms with van der Waals surface area (Å²) >= 11 is 0. The molecule has 0 aromatic carbocycles. The van der Waals surface area contributed by atoms with Gasteiger partial charge in [0.1, 0.15) is 12.7 Å². The van der Waals surface area contributed by atoms with Gasteiger partial charge in [0.05, 0.1) is 19.6 Å². The Bertz CT molecular complexity index is 1290. The summed E-state index contributed by atoms with van der Waals surface area (Å²) in [6.07, 6.45) is 61.2. The number of carbonyl (C=O) groups is 2. The lowest BCUT2D eigenvalue weighted by Gasteiger charge is -2.15. The van der Waals surface area contributed by atoms with Crippen molar-refractivity contribution in [3.8, 4) is 0 Å². The average molecular weight is 888 g/mol. The average Bonchev–Trinajstić information content (AvgIpc) is 3.26. The van der Waals surface area contributed by atoms with Gasteiger partial charge in [0.25, 0.3) is 0 Å².